The number of rotatable bonds is 4. The maximum Gasteiger partial charge on any atom is 0.196 e. The Bertz CT molecular complexity index is 1530. The monoisotopic (exact) mass is 475 g/mol. The predicted octanol–water partition coefficient (Wildman–Crippen LogP) is 4.90. The molecule has 1 N–H and O–H groups in total. The lowest BCUT2D eigenvalue weighted by molar-refractivity contribution is 0.0803. The van der Waals surface area contributed by atoms with Gasteiger partial charge in [0.05, 0.1) is 54.3 Å². The number of benzene rings is 1. The standard InChI is InChI=1S/C25H22ClN5O3/c1-13-8-16(15(3)29-19-4-5-22(26)30-20(19)10-27)25-17(9-13)23(32)14(2)24(34-25)18-11-28-31-6-7-33-12-21(18)31/h4-5,8-9,11,15,29H,6-7,12H2,1-3H3/t15-/m1/s1. The molecule has 3 aromatic heterocycles. The molecule has 0 amide bonds. The van der Waals surface area contributed by atoms with Crippen LogP contribution in [0.5, 0.6) is 0 Å². The largest absolute Gasteiger partial charge is 0.455 e. The molecule has 0 saturated heterocycles. The number of hydrogen-bond donors (Lipinski definition) is 1. The zero-order valence-corrected chi connectivity index (χ0v) is 19.7. The Morgan fingerprint density at radius 2 is 2.12 bits per heavy atom. The van der Waals surface area contributed by atoms with Crippen molar-refractivity contribution < 1.29 is 9.15 Å². The highest BCUT2D eigenvalue weighted by Crippen LogP contribution is 2.34. The van der Waals surface area contributed by atoms with Crippen LogP contribution in [-0.2, 0) is 17.9 Å². The summed E-state index contributed by atoms with van der Waals surface area (Å²) in [5.41, 5.74) is 5.06. The van der Waals surface area contributed by atoms with Gasteiger partial charge in [0.2, 0.25) is 0 Å². The molecule has 0 unspecified atom stereocenters. The van der Waals surface area contributed by atoms with Crippen molar-refractivity contribution in [3.8, 4) is 17.4 Å². The molecule has 1 aliphatic rings. The number of aryl methyl sites for hydroxylation is 1. The lowest BCUT2D eigenvalue weighted by atomic mass is 9.98. The quantitative estimate of drug-likeness (QED) is 0.418. The second kappa shape index (κ2) is 8.60. The van der Waals surface area contributed by atoms with E-state index in [1.807, 2.05) is 30.7 Å². The van der Waals surface area contributed by atoms with E-state index in [0.29, 0.717) is 47.7 Å². The number of ether oxygens (including phenoxy) is 1. The van der Waals surface area contributed by atoms with Gasteiger partial charge in [-0.05, 0) is 44.5 Å². The van der Waals surface area contributed by atoms with Crippen molar-refractivity contribution in [1.29, 1.82) is 5.26 Å². The minimum atomic E-state index is -0.291. The third kappa shape index (κ3) is 3.73. The SMILES string of the molecule is Cc1cc([C@@H](C)Nc2ccc(Cl)nc2C#N)c2oc(-c3cnn4c3COCC4)c(C)c(=O)c2c1. The smallest absolute Gasteiger partial charge is 0.196 e. The highest BCUT2D eigenvalue weighted by Gasteiger charge is 2.24. The van der Waals surface area contributed by atoms with Gasteiger partial charge in [0.15, 0.2) is 11.1 Å². The minimum Gasteiger partial charge on any atom is -0.455 e. The molecular formula is C25H22ClN5O3. The summed E-state index contributed by atoms with van der Waals surface area (Å²) in [7, 11) is 0. The summed E-state index contributed by atoms with van der Waals surface area (Å²) >= 11 is 5.94. The Labute approximate surface area is 200 Å². The molecule has 0 bridgehead atoms. The number of hydrogen-bond acceptors (Lipinski definition) is 7. The highest BCUT2D eigenvalue weighted by molar-refractivity contribution is 6.29. The lowest BCUT2D eigenvalue weighted by Gasteiger charge is -2.19. The number of aromatic nitrogens is 3. The average Bonchev–Trinajstić information content (AvgIpc) is 3.26. The lowest BCUT2D eigenvalue weighted by Crippen LogP contribution is -2.18. The summed E-state index contributed by atoms with van der Waals surface area (Å²) in [4.78, 5) is 17.5. The number of nitriles is 1. The fraction of sp³-hybridized carbons (Fsp3) is 0.280. The summed E-state index contributed by atoms with van der Waals surface area (Å²) in [5.74, 6) is 0.493. The van der Waals surface area contributed by atoms with E-state index in [9.17, 15) is 10.1 Å². The third-order valence-electron chi connectivity index (χ3n) is 6.08. The van der Waals surface area contributed by atoms with Crippen LogP contribution in [0.1, 0.15) is 41.0 Å². The molecule has 172 valence electrons. The van der Waals surface area contributed by atoms with Crippen molar-refractivity contribution in [1.82, 2.24) is 14.8 Å². The molecule has 1 aliphatic heterocycles. The first-order chi connectivity index (χ1) is 16.4. The Kier molecular flexibility index (Phi) is 5.60. The Morgan fingerprint density at radius 3 is 2.91 bits per heavy atom. The van der Waals surface area contributed by atoms with E-state index in [1.54, 1.807) is 25.3 Å². The highest BCUT2D eigenvalue weighted by atomic mass is 35.5. The second-order valence-corrected chi connectivity index (χ2v) is 8.79. The van der Waals surface area contributed by atoms with Gasteiger partial charge >= 0.3 is 0 Å². The summed E-state index contributed by atoms with van der Waals surface area (Å²) < 4.78 is 14.0. The Morgan fingerprint density at radius 1 is 1.29 bits per heavy atom. The topological polar surface area (TPSA) is 106 Å². The molecule has 1 atom stereocenters. The first-order valence-corrected chi connectivity index (χ1v) is 11.3. The van der Waals surface area contributed by atoms with Crippen LogP contribution in [0.4, 0.5) is 5.69 Å². The molecule has 5 rings (SSSR count). The van der Waals surface area contributed by atoms with Crippen LogP contribution in [0.3, 0.4) is 0 Å². The number of nitrogens with zero attached hydrogens (tertiary/aromatic N) is 4. The maximum absolute atomic E-state index is 13.4. The molecule has 0 aliphatic carbocycles. The van der Waals surface area contributed by atoms with E-state index in [4.69, 9.17) is 20.8 Å². The summed E-state index contributed by atoms with van der Waals surface area (Å²) in [6.45, 7) is 7.33. The molecule has 34 heavy (non-hydrogen) atoms. The van der Waals surface area contributed by atoms with E-state index >= 15 is 0 Å². The molecule has 0 fully saturated rings. The van der Waals surface area contributed by atoms with Crippen molar-refractivity contribution in [2.75, 3.05) is 11.9 Å². The van der Waals surface area contributed by atoms with Crippen molar-refractivity contribution in [2.24, 2.45) is 0 Å². The molecule has 0 radical (unpaired) electrons. The maximum atomic E-state index is 13.4. The first kappa shape index (κ1) is 22.1. The zero-order chi connectivity index (χ0) is 24.0. The third-order valence-corrected chi connectivity index (χ3v) is 6.29. The fourth-order valence-corrected chi connectivity index (χ4v) is 4.51. The van der Waals surface area contributed by atoms with Gasteiger partial charge in [-0.15, -0.1) is 0 Å². The van der Waals surface area contributed by atoms with Crippen LogP contribution in [0.25, 0.3) is 22.3 Å². The summed E-state index contributed by atoms with van der Waals surface area (Å²) in [6.07, 6.45) is 1.73. The number of halogens is 1. The summed E-state index contributed by atoms with van der Waals surface area (Å²) in [6, 6.07) is 8.93. The van der Waals surface area contributed by atoms with Crippen molar-refractivity contribution in [3.05, 3.63) is 73.9 Å². The van der Waals surface area contributed by atoms with Gasteiger partial charge in [-0.3, -0.25) is 9.48 Å². The average molecular weight is 476 g/mol. The Balaban J connectivity index is 1.67. The van der Waals surface area contributed by atoms with Gasteiger partial charge in [-0.2, -0.15) is 10.4 Å². The number of anilines is 1. The van der Waals surface area contributed by atoms with Crippen LogP contribution in [0.15, 0.2) is 39.7 Å². The van der Waals surface area contributed by atoms with Gasteiger partial charge < -0.3 is 14.5 Å². The zero-order valence-electron chi connectivity index (χ0n) is 19.0. The van der Waals surface area contributed by atoms with E-state index in [1.165, 1.54) is 0 Å². The Hall–Kier alpha value is -3.67. The van der Waals surface area contributed by atoms with Gasteiger partial charge in [0.1, 0.15) is 22.6 Å². The number of nitrogens with one attached hydrogen (secondary N) is 1. The molecule has 4 aromatic rings. The van der Waals surface area contributed by atoms with Crippen molar-refractivity contribution >= 4 is 28.3 Å². The molecule has 8 nitrogen and oxygen atoms in total. The van der Waals surface area contributed by atoms with Gasteiger partial charge in [-0.25, -0.2) is 4.98 Å². The number of pyridine rings is 1. The molecule has 9 heteroatoms. The predicted molar refractivity (Wildman–Crippen MR) is 129 cm³/mol. The van der Waals surface area contributed by atoms with Gasteiger partial charge in [0.25, 0.3) is 0 Å². The van der Waals surface area contributed by atoms with Gasteiger partial charge in [0, 0.05) is 11.1 Å². The first-order valence-electron chi connectivity index (χ1n) is 10.9. The van der Waals surface area contributed by atoms with Gasteiger partial charge in [-0.1, -0.05) is 17.7 Å². The van der Waals surface area contributed by atoms with Crippen LogP contribution < -0.4 is 10.7 Å². The normalized spacial score (nSPS) is 14.0. The molecule has 0 spiro atoms. The minimum absolute atomic E-state index is 0.0871. The van der Waals surface area contributed by atoms with Crippen molar-refractivity contribution in [3.63, 3.8) is 0 Å². The molecule has 1 aromatic carbocycles. The van der Waals surface area contributed by atoms with Crippen LogP contribution in [0, 0.1) is 25.2 Å². The van der Waals surface area contributed by atoms with Crippen LogP contribution >= 0.6 is 11.6 Å². The van der Waals surface area contributed by atoms with Crippen molar-refractivity contribution in [2.45, 2.75) is 40.0 Å². The van der Waals surface area contributed by atoms with E-state index < -0.39 is 0 Å². The van der Waals surface area contributed by atoms with E-state index in [-0.39, 0.29) is 22.3 Å². The van der Waals surface area contributed by atoms with Crippen LogP contribution in [-0.4, -0.2) is 21.4 Å². The molecular weight excluding hydrogens is 454 g/mol. The van der Waals surface area contributed by atoms with E-state index in [2.05, 4.69) is 21.5 Å². The van der Waals surface area contributed by atoms with E-state index in [0.717, 1.165) is 22.4 Å². The molecule has 4 heterocycles. The second-order valence-electron chi connectivity index (χ2n) is 8.40. The fourth-order valence-electron chi connectivity index (χ4n) is 4.36. The summed E-state index contributed by atoms with van der Waals surface area (Å²) in [5, 5.41) is 18.0. The molecule has 0 saturated carbocycles. The number of fused-ring (bicyclic) bond motifs is 2. The van der Waals surface area contributed by atoms with Crippen LogP contribution in [0.2, 0.25) is 5.15 Å².